The van der Waals surface area contributed by atoms with Crippen molar-refractivity contribution in [1.29, 1.82) is 0 Å². The average Bonchev–Trinajstić information content (AvgIpc) is 2.45. The minimum absolute atomic E-state index is 0.168. The molecule has 3 rings (SSSR count). The van der Waals surface area contributed by atoms with Crippen molar-refractivity contribution in [2.75, 3.05) is 12.4 Å². The predicted octanol–water partition coefficient (Wildman–Crippen LogP) is 3.59. The topological polar surface area (TPSA) is 35.2 Å². The Morgan fingerprint density at radius 2 is 2.10 bits per heavy atom. The monoisotopic (exact) mass is 295 g/mol. The first-order chi connectivity index (χ1) is 9.67. The quantitative estimate of drug-likeness (QED) is 0.862. The first kappa shape index (κ1) is 14.4. The van der Waals surface area contributed by atoms with Gasteiger partial charge in [-0.15, -0.1) is 11.8 Å². The van der Waals surface area contributed by atoms with E-state index in [2.05, 4.69) is 0 Å². The normalized spacial score (nSPS) is 26.2. The Labute approximate surface area is 124 Å². The van der Waals surface area contributed by atoms with Crippen molar-refractivity contribution in [3.8, 4) is 0 Å². The van der Waals surface area contributed by atoms with Gasteiger partial charge in [0.15, 0.2) is 0 Å². The van der Waals surface area contributed by atoms with Crippen LogP contribution in [0.4, 0.5) is 4.39 Å². The van der Waals surface area contributed by atoms with E-state index in [1.807, 2.05) is 12.1 Å². The fourth-order valence-electron chi connectivity index (χ4n) is 3.21. The summed E-state index contributed by atoms with van der Waals surface area (Å²) in [4.78, 5) is 1.09. The van der Waals surface area contributed by atoms with Crippen LogP contribution in [0.1, 0.15) is 32.1 Å². The Morgan fingerprint density at radius 3 is 2.75 bits per heavy atom. The highest BCUT2D eigenvalue weighted by Gasteiger charge is 2.43. The van der Waals surface area contributed by atoms with Crippen LogP contribution in [-0.4, -0.2) is 24.0 Å². The van der Waals surface area contributed by atoms with Crippen LogP contribution in [-0.2, 0) is 4.74 Å². The SMILES string of the molecule is NC(CSc1ccc(F)cc1)C1CCOC2(CCC2)C1. The molecule has 1 aliphatic carbocycles. The summed E-state index contributed by atoms with van der Waals surface area (Å²) in [5.74, 6) is 1.28. The van der Waals surface area contributed by atoms with Crippen LogP contribution in [0, 0.1) is 11.7 Å². The Hall–Kier alpha value is -0.580. The fraction of sp³-hybridized carbons (Fsp3) is 0.625. The van der Waals surface area contributed by atoms with Gasteiger partial charge in [0, 0.05) is 23.3 Å². The number of rotatable bonds is 4. The first-order valence-corrected chi connectivity index (χ1v) is 8.43. The Balaban J connectivity index is 1.51. The minimum Gasteiger partial charge on any atom is -0.375 e. The molecule has 1 saturated carbocycles. The molecule has 0 bridgehead atoms. The molecule has 0 radical (unpaired) electrons. The van der Waals surface area contributed by atoms with Gasteiger partial charge in [-0.3, -0.25) is 0 Å². The summed E-state index contributed by atoms with van der Waals surface area (Å²) in [5.41, 5.74) is 6.54. The summed E-state index contributed by atoms with van der Waals surface area (Å²) in [5, 5.41) is 0. The number of hydrogen-bond acceptors (Lipinski definition) is 3. The number of nitrogens with two attached hydrogens (primary N) is 1. The Bertz CT molecular complexity index is 446. The van der Waals surface area contributed by atoms with E-state index in [9.17, 15) is 4.39 Å². The lowest BCUT2D eigenvalue weighted by Gasteiger charge is -2.48. The van der Waals surface area contributed by atoms with Crippen molar-refractivity contribution in [1.82, 2.24) is 0 Å². The largest absolute Gasteiger partial charge is 0.375 e. The molecule has 2 atom stereocenters. The van der Waals surface area contributed by atoms with E-state index in [-0.39, 0.29) is 17.5 Å². The smallest absolute Gasteiger partial charge is 0.123 e. The summed E-state index contributed by atoms with van der Waals surface area (Å²) in [7, 11) is 0. The van der Waals surface area contributed by atoms with E-state index in [4.69, 9.17) is 10.5 Å². The van der Waals surface area contributed by atoms with E-state index in [1.54, 1.807) is 11.8 Å². The zero-order valence-electron chi connectivity index (χ0n) is 11.7. The van der Waals surface area contributed by atoms with E-state index in [0.717, 1.165) is 30.1 Å². The fourth-order valence-corrected chi connectivity index (χ4v) is 4.20. The van der Waals surface area contributed by atoms with Crippen LogP contribution in [0.25, 0.3) is 0 Å². The second-order valence-electron chi connectivity index (χ2n) is 6.07. The molecule has 1 saturated heterocycles. The molecule has 1 heterocycles. The Morgan fingerprint density at radius 1 is 1.35 bits per heavy atom. The van der Waals surface area contributed by atoms with Gasteiger partial charge in [0.1, 0.15) is 5.82 Å². The van der Waals surface area contributed by atoms with E-state index in [1.165, 1.54) is 31.4 Å². The Kier molecular flexibility index (Phi) is 4.34. The molecule has 2 fully saturated rings. The maximum atomic E-state index is 12.9. The average molecular weight is 295 g/mol. The van der Waals surface area contributed by atoms with Crippen LogP contribution in [0.3, 0.4) is 0 Å². The number of hydrogen-bond donors (Lipinski definition) is 1. The molecular weight excluding hydrogens is 273 g/mol. The third kappa shape index (κ3) is 3.18. The van der Waals surface area contributed by atoms with Crippen LogP contribution < -0.4 is 5.73 Å². The van der Waals surface area contributed by atoms with Gasteiger partial charge in [0.05, 0.1) is 5.60 Å². The molecule has 1 aliphatic heterocycles. The standard InChI is InChI=1S/C16H22FNOS/c17-13-2-4-14(5-3-13)20-11-15(18)12-6-9-19-16(10-12)7-1-8-16/h2-5,12,15H,1,6-11,18H2. The van der Waals surface area contributed by atoms with E-state index < -0.39 is 0 Å². The van der Waals surface area contributed by atoms with Gasteiger partial charge in [-0.25, -0.2) is 4.39 Å². The molecule has 2 aliphatic rings. The second-order valence-corrected chi connectivity index (χ2v) is 7.16. The molecule has 0 aromatic heterocycles. The number of benzene rings is 1. The zero-order valence-corrected chi connectivity index (χ0v) is 12.5. The first-order valence-electron chi connectivity index (χ1n) is 7.45. The van der Waals surface area contributed by atoms with Crippen molar-refractivity contribution < 1.29 is 9.13 Å². The van der Waals surface area contributed by atoms with Gasteiger partial charge in [0.2, 0.25) is 0 Å². The van der Waals surface area contributed by atoms with Crippen LogP contribution in [0.2, 0.25) is 0 Å². The van der Waals surface area contributed by atoms with Crippen molar-refractivity contribution in [3.63, 3.8) is 0 Å². The summed E-state index contributed by atoms with van der Waals surface area (Å²) < 4.78 is 18.8. The van der Waals surface area contributed by atoms with Gasteiger partial charge in [-0.05, 0) is 62.3 Å². The third-order valence-corrected chi connectivity index (χ3v) is 5.81. The van der Waals surface area contributed by atoms with Crippen LogP contribution >= 0.6 is 11.8 Å². The van der Waals surface area contributed by atoms with Gasteiger partial charge in [-0.2, -0.15) is 0 Å². The lowest BCUT2D eigenvalue weighted by atomic mass is 9.71. The molecular formula is C16H22FNOS. The van der Waals surface area contributed by atoms with E-state index >= 15 is 0 Å². The zero-order chi connectivity index (χ0) is 14.0. The lowest BCUT2D eigenvalue weighted by molar-refractivity contribution is -0.145. The van der Waals surface area contributed by atoms with Gasteiger partial charge in [0.25, 0.3) is 0 Å². The van der Waals surface area contributed by atoms with Crippen molar-refractivity contribution in [2.24, 2.45) is 11.7 Å². The summed E-state index contributed by atoms with van der Waals surface area (Å²) in [6.07, 6.45) is 5.92. The number of ether oxygens (including phenoxy) is 1. The molecule has 20 heavy (non-hydrogen) atoms. The summed E-state index contributed by atoms with van der Waals surface area (Å²) in [6.45, 7) is 0.861. The van der Waals surface area contributed by atoms with Crippen molar-refractivity contribution >= 4 is 11.8 Å². The highest BCUT2D eigenvalue weighted by Crippen LogP contribution is 2.45. The molecule has 2 N–H and O–H groups in total. The third-order valence-electron chi connectivity index (χ3n) is 4.66. The minimum atomic E-state index is -0.185. The van der Waals surface area contributed by atoms with Crippen LogP contribution in [0.15, 0.2) is 29.2 Å². The molecule has 1 aromatic rings. The maximum absolute atomic E-state index is 12.9. The maximum Gasteiger partial charge on any atom is 0.123 e. The summed E-state index contributed by atoms with van der Waals surface area (Å²) in [6, 6.07) is 6.86. The second kappa shape index (κ2) is 6.04. The van der Waals surface area contributed by atoms with Gasteiger partial charge < -0.3 is 10.5 Å². The lowest BCUT2D eigenvalue weighted by Crippen LogP contribution is -2.49. The molecule has 4 heteroatoms. The molecule has 2 nitrogen and oxygen atoms in total. The molecule has 1 aromatic carbocycles. The summed E-state index contributed by atoms with van der Waals surface area (Å²) >= 11 is 1.72. The molecule has 110 valence electrons. The number of thioether (sulfide) groups is 1. The highest BCUT2D eigenvalue weighted by molar-refractivity contribution is 7.99. The molecule has 1 spiro atoms. The molecule has 2 unspecified atom stereocenters. The predicted molar refractivity (Wildman–Crippen MR) is 80.4 cm³/mol. The van der Waals surface area contributed by atoms with Crippen molar-refractivity contribution in [2.45, 2.75) is 48.6 Å². The van der Waals surface area contributed by atoms with Crippen LogP contribution in [0.5, 0.6) is 0 Å². The number of halogens is 1. The van der Waals surface area contributed by atoms with E-state index in [0.29, 0.717) is 5.92 Å². The van der Waals surface area contributed by atoms with Gasteiger partial charge in [-0.1, -0.05) is 0 Å². The van der Waals surface area contributed by atoms with Gasteiger partial charge >= 0.3 is 0 Å². The molecule has 0 amide bonds. The van der Waals surface area contributed by atoms with Crippen molar-refractivity contribution in [3.05, 3.63) is 30.1 Å². The highest BCUT2D eigenvalue weighted by atomic mass is 32.2.